The van der Waals surface area contributed by atoms with Gasteiger partial charge in [-0.25, -0.2) is 4.79 Å². The Balaban J connectivity index is 2.26. The Kier molecular flexibility index (Phi) is 6.80. The molecule has 1 aromatic carbocycles. The normalized spacial score (nSPS) is 11.2. The molecule has 0 atom stereocenters. The molecule has 0 aliphatic carbocycles. The Labute approximate surface area is 164 Å². The fourth-order valence-corrected chi connectivity index (χ4v) is 3.01. The van der Waals surface area contributed by atoms with Gasteiger partial charge in [-0.1, -0.05) is 26.0 Å². The molecule has 0 saturated carbocycles. The molecule has 2 aromatic rings. The fourth-order valence-electron chi connectivity index (χ4n) is 3.01. The minimum absolute atomic E-state index is 0.00531. The molecule has 8 nitrogen and oxygen atoms in total. The molecule has 0 spiro atoms. The van der Waals surface area contributed by atoms with E-state index in [2.05, 4.69) is 0 Å². The lowest BCUT2D eigenvalue weighted by atomic mass is 10.1. The summed E-state index contributed by atoms with van der Waals surface area (Å²) in [6.07, 6.45) is 0. The zero-order valence-corrected chi connectivity index (χ0v) is 17.1. The smallest absolute Gasteiger partial charge is 0.332 e. The summed E-state index contributed by atoms with van der Waals surface area (Å²) in [7, 11) is 4.75. The van der Waals surface area contributed by atoms with E-state index in [4.69, 9.17) is 10.5 Å². The maximum atomic E-state index is 12.8. The van der Waals surface area contributed by atoms with Gasteiger partial charge < -0.3 is 10.5 Å². The largest absolute Gasteiger partial charge is 0.497 e. The molecule has 2 rings (SSSR count). The van der Waals surface area contributed by atoms with Gasteiger partial charge in [-0.2, -0.15) is 0 Å². The number of ether oxygens (including phenoxy) is 1. The molecule has 0 saturated heterocycles. The third kappa shape index (κ3) is 4.69. The number of rotatable bonds is 8. The average molecular weight is 388 g/mol. The Morgan fingerprint density at radius 3 is 2.36 bits per heavy atom. The summed E-state index contributed by atoms with van der Waals surface area (Å²) in [5.41, 5.74) is 5.75. The minimum atomic E-state index is -0.662. The van der Waals surface area contributed by atoms with Gasteiger partial charge >= 0.3 is 5.69 Å². The standard InChI is InChI=1S/C20H28N4O4/c1-13(2)10-24-18(21)17(19(26)23(4)20(24)27)16(25)12-22(3)11-14-6-8-15(28-5)9-7-14/h6-9,13H,10-12,21H2,1-5H3. The zero-order valence-electron chi connectivity index (χ0n) is 17.1. The van der Waals surface area contributed by atoms with E-state index in [-0.39, 0.29) is 23.8 Å². The zero-order chi connectivity index (χ0) is 21.0. The van der Waals surface area contributed by atoms with E-state index in [1.54, 1.807) is 19.1 Å². The first-order chi connectivity index (χ1) is 13.1. The van der Waals surface area contributed by atoms with Crippen LogP contribution in [0, 0.1) is 5.92 Å². The van der Waals surface area contributed by atoms with E-state index < -0.39 is 17.0 Å². The van der Waals surface area contributed by atoms with Crippen LogP contribution in [0.1, 0.15) is 29.8 Å². The van der Waals surface area contributed by atoms with Crippen molar-refractivity contribution < 1.29 is 9.53 Å². The summed E-state index contributed by atoms with van der Waals surface area (Å²) in [4.78, 5) is 39.5. The van der Waals surface area contributed by atoms with Crippen LogP contribution in [0.4, 0.5) is 5.82 Å². The Morgan fingerprint density at radius 2 is 1.82 bits per heavy atom. The molecule has 0 amide bonds. The van der Waals surface area contributed by atoms with Gasteiger partial charge in [0.05, 0.1) is 13.7 Å². The molecular weight excluding hydrogens is 360 g/mol. The summed E-state index contributed by atoms with van der Waals surface area (Å²) >= 11 is 0. The van der Waals surface area contributed by atoms with Crippen molar-refractivity contribution in [3.05, 3.63) is 56.2 Å². The number of nitrogens with two attached hydrogens (primary N) is 1. The summed E-state index contributed by atoms with van der Waals surface area (Å²) in [6.45, 7) is 4.72. The molecule has 8 heteroatoms. The highest BCUT2D eigenvalue weighted by atomic mass is 16.5. The van der Waals surface area contributed by atoms with Gasteiger partial charge in [0.25, 0.3) is 5.56 Å². The highest BCUT2D eigenvalue weighted by molar-refractivity contribution is 6.01. The van der Waals surface area contributed by atoms with Gasteiger partial charge in [0.1, 0.15) is 17.1 Å². The molecule has 1 heterocycles. The van der Waals surface area contributed by atoms with Gasteiger partial charge in [0.2, 0.25) is 0 Å². The number of nitrogen functional groups attached to an aromatic ring is 1. The van der Waals surface area contributed by atoms with Crippen molar-refractivity contribution in [3.8, 4) is 5.75 Å². The molecule has 0 bridgehead atoms. The molecule has 28 heavy (non-hydrogen) atoms. The van der Waals surface area contributed by atoms with E-state index in [0.717, 1.165) is 15.9 Å². The molecule has 0 unspecified atom stereocenters. The second-order valence-electron chi connectivity index (χ2n) is 7.35. The number of likely N-dealkylation sites (N-methyl/N-ethyl adjacent to an activating group) is 1. The maximum absolute atomic E-state index is 12.8. The number of anilines is 1. The second-order valence-corrected chi connectivity index (χ2v) is 7.35. The first kappa shape index (κ1) is 21.4. The van der Waals surface area contributed by atoms with Crippen molar-refractivity contribution in [1.29, 1.82) is 0 Å². The lowest BCUT2D eigenvalue weighted by molar-refractivity contribution is 0.0941. The lowest BCUT2D eigenvalue weighted by Gasteiger charge is -2.19. The maximum Gasteiger partial charge on any atom is 0.332 e. The predicted octanol–water partition coefficient (Wildman–Crippen LogP) is 1.11. The van der Waals surface area contributed by atoms with Gasteiger partial charge in [0, 0.05) is 20.1 Å². The number of ketones is 1. The summed E-state index contributed by atoms with van der Waals surface area (Å²) in [5, 5.41) is 0. The summed E-state index contributed by atoms with van der Waals surface area (Å²) in [5.74, 6) is 0.417. The third-order valence-corrected chi connectivity index (χ3v) is 4.43. The molecule has 0 radical (unpaired) electrons. The van der Waals surface area contributed by atoms with Crippen molar-refractivity contribution in [1.82, 2.24) is 14.0 Å². The second kappa shape index (κ2) is 8.88. The van der Waals surface area contributed by atoms with E-state index in [1.165, 1.54) is 11.6 Å². The number of Topliss-reactive ketones (excluding diaryl/α,β-unsaturated/α-hetero) is 1. The van der Waals surface area contributed by atoms with Crippen molar-refractivity contribution in [3.63, 3.8) is 0 Å². The van der Waals surface area contributed by atoms with Crippen LogP contribution in [0.3, 0.4) is 0 Å². The average Bonchev–Trinajstić information content (AvgIpc) is 2.64. The molecule has 0 fully saturated rings. The van der Waals surface area contributed by atoms with Crippen LogP contribution in [0.25, 0.3) is 0 Å². The van der Waals surface area contributed by atoms with Gasteiger partial charge in [-0.15, -0.1) is 0 Å². The number of carbonyl (C=O) groups excluding carboxylic acids is 1. The first-order valence-electron chi connectivity index (χ1n) is 9.09. The molecule has 0 aliphatic rings. The lowest BCUT2D eigenvalue weighted by Crippen LogP contribution is -2.44. The van der Waals surface area contributed by atoms with Crippen LogP contribution in [-0.2, 0) is 20.1 Å². The number of nitrogens with zero attached hydrogens (tertiary/aromatic N) is 3. The summed E-state index contributed by atoms with van der Waals surface area (Å²) in [6, 6.07) is 7.52. The number of aromatic nitrogens is 2. The Hall–Kier alpha value is -2.87. The number of carbonyl (C=O) groups is 1. The Morgan fingerprint density at radius 1 is 1.21 bits per heavy atom. The highest BCUT2D eigenvalue weighted by Crippen LogP contribution is 2.13. The van der Waals surface area contributed by atoms with E-state index in [1.807, 2.05) is 38.1 Å². The van der Waals surface area contributed by atoms with Crippen molar-refractivity contribution in [2.45, 2.75) is 26.9 Å². The number of hydrogen-bond acceptors (Lipinski definition) is 6. The quantitative estimate of drug-likeness (QED) is 0.680. The van der Waals surface area contributed by atoms with E-state index in [0.29, 0.717) is 13.1 Å². The van der Waals surface area contributed by atoms with Crippen LogP contribution in [-0.4, -0.2) is 40.5 Å². The number of hydrogen-bond donors (Lipinski definition) is 1. The SMILES string of the molecule is COc1ccc(CN(C)CC(=O)c2c(N)n(CC(C)C)c(=O)n(C)c2=O)cc1. The van der Waals surface area contributed by atoms with Crippen LogP contribution < -0.4 is 21.7 Å². The molecule has 2 N–H and O–H groups in total. The van der Waals surface area contributed by atoms with Crippen LogP contribution in [0.15, 0.2) is 33.9 Å². The van der Waals surface area contributed by atoms with E-state index in [9.17, 15) is 14.4 Å². The van der Waals surface area contributed by atoms with Crippen LogP contribution in [0.2, 0.25) is 0 Å². The monoisotopic (exact) mass is 388 g/mol. The third-order valence-electron chi connectivity index (χ3n) is 4.43. The number of benzene rings is 1. The Bertz CT molecular complexity index is 958. The number of methoxy groups -OCH3 is 1. The highest BCUT2D eigenvalue weighted by Gasteiger charge is 2.22. The minimum Gasteiger partial charge on any atom is -0.497 e. The molecule has 1 aromatic heterocycles. The van der Waals surface area contributed by atoms with Gasteiger partial charge in [-0.05, 0) is 30.7 Å². The van der Waals surface area contributed by atoms with Crippen LogP contribution in [0.5, 0.6) is 5.75 Å². The van der Waals surface area contributed by atoms with Gasteiger partial charge in [-0.3, -0.25) is 23.6 Å². The molecule has 0 aliphatic heterocycles. The summed E-state index contributed by atoms with van der Waals surface area (Å²) < 4.78 is 7.37. The predicted molar refractivity (Wildman–Crippen MR) is 109 cm³/mol. The first-order valence-corrected chi connectivity index (χ1v) is 9.09. The van der Waals surface area contributed by atoms with Gasteiger partial charge in [0.15, 0.2) is 5.78 Å². The van der Waals surface area contributed by atoms with Crippen molar-refractivity contribution in [2.75, 3.05) is 26.4 Å². The fraction of sp³-hybridized carbons (Fsp3) is 0.450. The topological polar surface area (TPSA) is 99.6 Å². The molecule has 152 valence electrons. The van der Waals surface area contributed by atoms with E-state index >= 15 is 0 Å². The van der Waals surface area contributed by atoms with Crippen molar-refractivity contribution in [2.24, 2.45) is 13.0 Å². The molecular formula is C20H28N4O4. The van der Waals surface area contributed by atoms with Crippen LogP contribution >= 0.6 is 0 Å². The van der Waals surface area contributed by atoms with Crippen molar-refractivity contribution >= 4 is 11.6 Å².